The summed E-state index contributed by atoms with van der Waals surface area (Å²) in [6.45, 7) is 14.3. The molecule has 6 heteroatoms. The first kappa shape index (κ1) is 35.5. The fourth-order valence-corrected chi connectivity index (χ4v) is 10.3. The number of allylic oxidation sites excluding steroid dienone is 10. The van der Waals surface area contributed by atoms with Crippen molar-refractivity contribution in [2.24, 2.45) is 34.0 Å². The number of hydrogen-bond donors (Lipinski definition) is 2. The van der Waals surface area contributed by atoms with Gasteiger partial charge in [-0.25, -0.2) is 4.79 Å². The molecule has 0 radical (unpaired) electrons. The van der Waals surface area contributed by atoms with Crippen LogP contribution in [0.2, 0.25) is 0 Å². The third-order valence-electron chi connectivity index (χ3n) is 13.0. The number of carbonyl (C=O) groups excluding carboxylic acids is 3. The summed E-state index contributed by atoms with van der Waals surface area (Å²) in [5, 5.41) is 23.5. The topological polar surface area (TPSA) is 101 Å². The second-order valence-corrected chi connectivity index (χ2v) is 16.4. The summed E-state index contributed by atoms with van der Waals surface area (Å²) >= 11 is 0. The molecule has 7 atom stereocenters. The van der Waals surface area contributed by atoms with Crippen molar-refractivity contribution in [1.29, 1.82) is 0 Å². The molecule has 0 bridgehead atoms. The quantitative estimate of drug-likeness (QED) is 0.159. The Morgan fingerprint density at radius 3 is 2.47 bits per heavy atom. The van der Waals surface area contributed by atoms with Crippen LogP contribution in [0, 0.1) is 34.0 Å². The minimum atomic E-state index is -1.67. The molecular weight excluding hydrogens is 588 g/mol. The van der Waals surface area contributed by atoms with Crippen LogP contribution in [0.25, 0.3) is 0 Å². The van der Waals surface area contributed by atoms with E-state index in [2.05, 4.69) is 46.8 Å². The Hall–Kier alpha value is -2.83. The Balaban J connectivity index is 1.19. The van der Waals surface area contributed by atoms with E-state index in [4.69, 9.17) is 4.74 Å². The standard InChI is InChI=1S/C41H56O6/c1-26(13-16-32-28(3)12-9-19-38(32,4)5)10-8-11-27(2)22-36(45)47-25-35(44)41(46)21-18-33-31-15-14-29-23-30(42)17-20-39(29,6)37(31)34(43)24-40(33,41)7/h8,10-11,13,16,22-23,31,33-34,37,43,46H,9,12,14-15,17-21,24-25H2,1-7H3/t31-,33-,34-,37+,39-,40-,41-/m0/s1. The molecule has 0 spiro atoms. The first-order valence-electron chi connectivity index (χ1n) is 17.8. The van der Waals surface area contributed by atoms with E-state index in [9.17, 15) is 24.6 Å². The number of fused-ring (bicyclic) bond motifs is 5. The second-order valence-electron chi connectivity index (χ2n) is 16.4. The van der Waals surface area contributed by atoms with Crippen molar-refractivity contribution < 1.29 is 29.3 Å². The van der Waals surface area contributed by atoms with Gasteiger partial charge in [0.05, 0.1) is 6.10 Å². The van der Waals surface area contributed by atoms with Crippen LogP contribution >= 0.6 is 0 Å². The number of Topliss-reactive ketones (excluding diaryl/α,β-unsaturated/α-hetero) is 1. The van der Waals surface area contributed by atoms with Crippen molar-refractivity contribution in [3.05, 3.63) is 70.4 Å². The number of rotatable bonds is 8. The molecule has 0 aromatic rings. The maximum Gasteiger partial charge on any atom is 0.331 e. The van der Waals surface area contributed by atoms with Crippen molar-refractivity contribution in [1.82, 2.24) is 0 Å². The highest BCUT2D eigenvalue weighted by Gasteiger charge is 2.68. The molecule has 5 aliphatic rings. The first-order chi connectivity index (χ1) is 22.0. The predicted molar refractivity (Wildman–Crippen MR) is 185 cm³/mol. The van der Waals surface area contributed by atoms with E-state index in [1.54, 1.807) is 6.92 Å². The predicted octanol–water partition coefficient (Wildman–Crippen LogP) is 7.86. The smallest absolute Gasteiger partial charge is 0.331 e. The van der Waals surface area contributed by atoms with Gasteiger partial charge in [-0.1, -0.05) is 74.8 Å². The molecular formula is C41H56O6. The Bertz CT molecular complexity index is 1480. The number of aliphatic hydroxyl groups is 2. The van der Waals surface area contributed by atoms with Crippen LogP contribution in [0.1, 0.15) is 113 Å². The van der Waals surface area contributed by atoms with Gasteiger partial charge >= 0.3 is 5.97 Å². The van der Waals surface area contributed by atoms with Gasteiger partial charge in [0.15, 0.2) is 12.4 Å². The number of carbonyl (C=O) groups is 3. The molecule has 2 N–H and O–H groups in total. The minimum absolute atomic E-state index is 0.00500. The molecule has 5 rings (SSSR count). The number of ether oxygens (including phenoxy) is 1. The Morgan fingerprint density at radius 1 is 1.00 bits per heavy atom. The van der Waals surface area contributed by atoms with Crippen molar-refractivity contribution in [2.75, 3.05) is 6.61 Å². The summed E-state index contributed by atoms with van der Waals surface area (Å²) in [7, 11) is 0. The van der Waals surface area contributed by atoms with E-state index < -0.39 is 35.5 Å². The van der Waals surface area contributed by atoms with Crippen LogP contribution in [0.15, 0.2) is 70.4 Å². The van der Waals surface area contributed by atoms with E-state index in [-0.39, 0.29) is 34.4 Å². The molecule has 0 aromatic heterocycles. The highest BCUT2D eigenvalue weighted by Crippen LogP contribution is 2.67. The summed E-state index contributed by atoms with van der Waals surface area (Å²) in [4.78, 5) is 38.4. The summed E-state index contributed by atoms with van der Waals surface area (Å²) in [5.41, 5.74) is 3.32. The van der Waals surface area contributed by atoms with Gasteiger partial charge in [0.1, 0.15) is 5.60 Å². The van der Waals surface area contributed by atoms with Gasteiger partial charge in [0, 0.05) is 17.9 Å². The summed E-state index contributed by atoms with van der Waals surface area (Å²) in [5.74, 6) is -0.707. The molecule has 47 heavy (non-hydrogen) atoms. The number of esters is 1. The van der Waals surface area contributed by atoms with Crippen molar-refractivity contribution in [3.8, 4) is 0 Å². The van der Waals surface area contributed by atoms with Crippen LogP contribution in [-0.4, -0.2) is 46.1 Å². The molecule has 0 aromatic carbocycles. The van der Waals surface area contributed by atoms with E-state index in [1.165, 1.54) is 30.1 Å². The van der Waals surface area contributed by atoms with E-state index in [0.717, 1.165) is 36.8 Å². The third kappa shape index (κ3) is 6.62. The van der Waals surface area contributed by atoms with Crippen molar-refractivity contribution in [2.45, 2.75) is 124 Å². The van der Waals surface area contributed by atoms with Gasteiger partial charge in [0.2, 0.25) is 5.78 Å². The number of hydrogen-bond acceptors (Lipinski definition) is 6. The highest BCUT2D eigenvalue weighted by molar-refractivity contribution is 5.93. The maximum atomic E-state index is 13.6. The minimum Gasteiger partial charge on any atom is -0.454 e. The lowest BCUT2D eigenvalue weighted by Crippen LogP contribution is -2.62. The van der Waals surface area contributed by atoms with Crippen LogP contribution in [0.4, 0.5) is 0 Å². The summed E-state index contributed by atoms with van der Waals surface area (Å²) in [6.07, 6.45) is 20.4. The number of ketones is 2. The third-order valence-corrected chi connectivity index (χ3v) is 13.0. The fraction of sp³-hybridized carbons (Fsp3) is 0.634. The highest BCUT2D eigenvalue weighted by atomic mass is 16.5. The maximum absolute atomic E-state index is 13.6. The average molecular weight is 645 g/mol. The lowest BCUT2D eigenvalue weighted by Gasteiger charge is -2.60. The molecule has 3 fully saturated rings. The van der Waals surface area contributed by atoms with E-state index >= 15 is 0 Å². The molecule has 0 amide bonds. The molecule has 6 nitrogen and oxygen atoms in total. The monoisotopic (exact) mass is 644 g/mol. The molecule has 5 aliphatic carbocycles. The van der Waals surface area contributed by atoms with Gasteiger partial charge in [-0.3, -0.25) is 9.59 Å². The van der Waals surface area contributed by atoms with Crippen molar-refractivity contribution in [3.63, 3.8) is 0 Å². The number of aliphatic hydroxyl groups excluding tert-OH is 1. The molecule has 0 saturated heterocycles. The summed E-state index contributed by atoms with van der Waals surface area (Å²) < 4.78 is 5.38. The molecule has 256 valence electrons. The first-order valence-corrected chi connectivity index (χ1v) is 17.8. The lowest BCUT2D eigenvalue weighted by molar-refractivity contribution is -0.184. The lowest BCUT2D eigenvalue weighted by atomic mass is 9.45. The van der Waals surface area contributed by atoms with Crippen LogP contribution in [0.5, 0.6) is 0 Å². The Morgan fingerprint density at radius 2 is 1.74 bits per heavy atom. The fourth-order valence-electron chi connectivity index (χ4n) is 10.3. The van der Waals surface area contributed by atoms with Gasteiger partial charge < -0.3 is 14.9 Å². The van der Waals surface area contributed by atoms with Gasteiger partial charge in [-0.2, -0.15) is 0 Å². The zero-order valence-corrected chi connectivity index (χ0v) is 29.7. The van der Waals surface area contributed by atoms with Crippen LogP contribution in [-0.2, 0) is 19.1 Å². The van der Waals surface area contributed by atoms with Gasteiger partial charge in [-0.15, -0.1) is 0 Å². The SMILES string of the molecule is CC(C=CC1=C(C)CCCC1(C)C)=CC=CC(C)=CC(=O)OCC(=O)[C@@]1(O)CC[C@H]2[C@@H]3CCC4=CC(=O)CC[C@]4(C)[C@H]3[C@@H](O)C[C@@]21C. The van der Waals surface area contributed by atoms with E-state index in [0.29, 0.717) is 31.3 Å². The Labute approximate surface area is 281 Å². The zero-order chi connectivity index (χ0) is 34.4. The average Bonchev–Trinajstić information content (AvgIpc) is 3.26. The molecule has 0 heterocycles. The largest absolute Gasteiger partial charge is 0.454 e. The van der Waals surface area contributed by atoms with Gasteiger partial charge in [-0.05, 0) is 124 Å². The van der Waals surface area contributed by atoms with Crippen LogP contribution in [0.3, 0.4) is 0 Å². The molecule has 3 saturated carbocycles. The second kappa shape index (κ2) is 13.2. The Kier molecular flexibility index (Phi) is 9.99. The molecule has 0 aliphatic heterocycles. The summed E-state index contributed by atoms with van der Waals surface area (Å²) in [6, 6.07) is 0. The normalized spacial score (nSPS) is 37.5. The van der Waals surface area contributed by atoms with Gasteiger partial charge in [0.25, 0.3) is 0 Å². The van der Waals surface area contributed by atoms with E-state index in [1.807, 2.05) is 31.2 Å². The zero-order valence-electron chi connectivity index (χ0n) is 29.7. The molecule has 0 unspecified atom stereocenters. The van der Waals surface area contributed by atoms with Crippen molar-refractivity contribution >= 4 is 17.5 Å². The van der Waals surface area contributed by atoms with Crippen LogP contribution < -0.4 is 0 Å².